The van der Waals surface area contributed by atoms with Gasteiger partial charge in [-0.2, -0.15) is 0 Å². The monoisotopic (exact) mass is 260 g/mol. The van der Waals surface area contributed by atoms with Crippen LogP contribution in [0.1, 0.15) is 25.5 Å². The van der Waals surface area contributed by atoms with Crippen LogP contribution in [0.2, 0.25) is 0 Å². The van der Waals surface area contributed by atoms with Crippen molar-refractivity contribution in [3.05, 3.63) is 30.1 Å². The van der Waals surface area contributed by atoms with Gasteiger partial charge in [-0.3, -0.25) is 0 Å². The Hall–Kier alpha value is -2.11. The number of aromatic nitrogens is 4. The molecule has 2 heterocycles. The molecule has 0 aromatic carbocycles. The van der Waals surface area contributed by atoms with E-state index in [1.165, 1.54) is 0 Å². The van der Waals surface area contributed by atoms with Crippen molar-refractivity contribution in [1.29, 1.82) is 0 Å². The Morgan fingerprint density at radius 1 is 1.16 bits per heavy atom. The zero-order chi connectivity index (χ0) is 13.7. The Balaban J connectivity index is 2.10. The Labute approximate surface area is 113 Å². The van der Waals surface area contributed by atoms with Gasteiger partial charge in [0.2, 0.25) is 0 Å². The average molecular weight is 260 g/mol. The third-order valence-corrected chi connectivity index (χ3v) is 2.80. The summed E-state index contributed by atoms with van der Waals surface area (Å²) < 4.78 is 1.99. The quantitative estimate of drug-likeness (QED) is 0.829. The number of nitrogens with one attached hydrogen (secondary N) is 2. The van der Waals surface area contributed by atoms with Crippen LogP contribution in [0.4, 0.5) is 11.6 Å². The molecular weight excluding hydrogens is 240 g/mol. The van der Waals surface area contributed by atoms with Gasteiger partial charge in [0.25, 0.3) is 0 Å². The molecule has 19 heavy (non-hydrogen) atoms. The Bertz CT molecular complexity index is 534. The normalized spacial score (nSPS) is 10.5. The van der Waals surface area contributed by atoms with Crippen molar-refractivity contribution in [1.82, 2.24) is 19.5 Å². The van der Waals surface area contributed by atoms with Crippen LogP contribution in [0.15, 0.2) is 18.5 Å². The van der Waals surface area contributed by atoms with Gasteiger partial charge < -0.3 is 15.2 Å². The lowest BCUT2D eigenvalue weighted by molar-refractivity contribution is 0.808. The highest BCUT2D eigenvalue weighted by Gasteiger charge is 2.04. The lowest BCUT2D eigenvalue weighted by atomic mass is 10.4. The van der Waals surface area contributed by atoms with Crippen molar-refractivity contribution in [2.45, 2.75) is 26.8 Å². The molecule has 0 radical (unpaired) electrons. The van der Waals surface area contributed by atoms with Gasteiger partial charge in [-0.1, -0.05) is 6.92 Å². The van der Waals surface area contributed by atoms with Gasteiger partial charge in [-0.15, -0.1) is 0 Å². The molecular formula is C13H20N6. The molecule has 0 unspecified atom stereocenters. The first-order valence-corrected chi connectivity index (χ1v) is 6.54. The summed E-state index contributed by atoms with van der Waals surface area (Å²) in [5.41, 5.74) is 0. The second kappa shape index (κ2) is 6.17. The fourth-order valence-electron chi connectivity index (χ4n) is 1.75. The maximum absolute atomic E-state index is 4.46. The van der Waals surface area contributed by atoms with E-state index in [0.29, 0.717) is 6.54 Å². The highest BCUT2D eigenvalue weighted by molar-refractivity contribution is 5.47. The first kappa shape index (κ1) is 13.3. The predicted molar refractivity (Wildman–Crippen MR) is 76.1 cm³/mol. The molecule has 0 amide bonds. The van der Waals surface area contributed by atoms with Crippen molar-refractivity contribution in [3.63, 3.8) is 0 Å². The molecule has 2 N–H and O–H groups in total. The maximum atomic E-state index is 4.46. The molecule has 2 rings (SSSR count). The number of imidazole rings is 1. The summed E-state index contributed by atoms with van der Waals surface area (Å²) in [5, 5.41) is 6.50. The van der Waals surface area contributed by atoms with E-state index in [2.05, 4.69) is 32.5 Å². The molecule has 0 bridgehead atoms. The van der Waals surface area contributed by atoms with Crippen LogP contribution in [-0.4, -0.2) is 26.1 Å². The topological polar surface area (TPSA) is 67.7 Å². The summed E-state index contributed by atoms with van der Waals surface area (Å²) >= 11 is 0. The van der Waals surface area contributed by atoms with Crippen LogP contribution >= 0.6 is 0 Å². The Kier molecular flexibility index (Phi) is 4.33. The minimum absolute atomic E-state index is 0.648. The highest BCUT2D eigenvalue weighted by Crippen LogP contribution is 2.12. The van der Waals surface area contributed by atoms with Crippen LogP contribution < -0.4 is 10.6 Å². The van der Waals surface area contributed by atoms with E-state index in [0.717, 1.165) is 36.3 Å². The third-order valence-electron chi connectivity index (χ3n) is 2.80. The molecule has 0 aliphatic heterocycles. The number of rotatable bonds is 6. The molecule has 0 fully saturated rings. The molecule has 2 aromatic heterocycles. The zero-order valence-electron chi connectivity index (χ0n) is 11.6. The molecule has 6 heteroatoms. The van der Waals surface area contributed by atoms with Gasteiger partial charge in [-0.25, -0.2) is 15.0 Å². The van der Waals surface area contributed by atoms with Crippen molar-refractivity contribution in [2.24, 2.45) is 7.05 Å². The molecule has 0 aliphatic rings. The first-order chi connectivity index (χ1) is 9.22. The van der Waals surface area contributed by atoms with E-state index < -0.39 is 0 Å². The van der Waals surface area contributed by atoms with Crippen LogP contribution in [0, 0.1) is 0 Å². The van der Waals surface area contributed by atoms with Crippen LogP contribution in [-0.2, 0) is 20.0 Å². The van der Waals surface area contributed by atoms with Gasteiger partial charge in [0.15, 0.2) is 0 Å². The van der Waals surface area contributed by atoms with Gasteiger partial charge in [-0.05, 0) is 6.92 Å². The first-order valence-electron chi connectivity index (χ1n) is 6.54. The summed E-state index contributed by atoms with van der Waals surface area (Å²) in [6.45, 7) is 5.59. The molecule has 0 saturated carbocycles. The molecule has 0 aliphatic carbocycles. The standard InChI is InChI=1S/C13H20N6/c1-4-10-17-11(14-5-2)8-12(18-10)16-9-13-15-6-7-19(13)3/h6-8H,4-5,9H2,1-3H3,(H2,14,16,17,18). The molecule has 0 saturated heterocycles. The van der Waals surface area contributed by atoms with Crippen molar-refractivity contribution in [2.75, 3.05) is 17.2 Å². The van der Waals surface area contributed by atoms with E-state index in [-0.39, 0.29) is 0 Å². The van der Waals surface area contributed by atoms with Crippen LogP contribution in [0.5, 0.6) is 0 Å². The molecule has 2 aromatic rings. The Morgan fingerprint density at radius 2 is 1.89 bits per heavy atom. The number of nitrogens with zero attached hydrogens (tertiary/aromatic N) is 4. The fraction of sp³-hybridized carbons (Fsp3) is 0.462. The molecule has 6 nitrogen and oxygen atoms in total. The van der Waals surface area contributed by atoms with Crippen molar-refractivity contribution < 1.29 is 0 Å². The largest absolute Gasteiger partial charge is 0.370 e. The average Bonchev–Trinajstić information content (AvgIpc) is 2.82. The lowest BCUT2D eigenvalue weighted by Crippen LogP contribution is -2.10. The van der Waals surface area contributed by atoms with Gasteiger partial charge in [0.1, 0.15) is 23.3 Å². The number of hydrogen-bond acceptors (Lipinski definition) is 5. The van der Waals surface area contributed by atoms with Gasteiger partial charge in [0, 0.05) is 38.5 Å². The fourth-order valence-corrected chi connectivity index (χ4v) is 1.75. The van der Waals surface area contributed by atoms with Gasteiger partial charge >= 0.3 is 0 Å². The summed E-state index contributed by atoms with van der Waals surface area (Å²) in [6, 6.07) is 1.92. The molecule has 0 atom stereocenters. The van der Waals surface area contributed by atoms with Crippen molar-refractivity contribution in [3.8, 4) is 0 Å². The van der Waals surface area contributed by atoms with E-state index in [4.69, 9.17) is 0 Å². The second-order valence-electron chi connectivity index (χ2n) is 4.25. The number of hydrogen-bond donors (Lipinski definition) is 2. The lowest BCUT2D eigenvalue weighted by Gasteiger charge is -2.10. The van der Waals surface area contributed by atoms with E-state index in [1.54, 1.807) is 6.20 Å². The van der Waals surface area contributed by atoms with E-state index >= 15 is 0 Å². The highest BCUT2D eigenvalue weighted by atomic mass is 15.1. The zero-order valence-corrected chi connectivity index (χ0v) is 11.6. The number of anilines is 2. The predicted octanol–water partition coefficient (Wildman–Crippen LogP) is 1.82. The van der Waals surface area contributed by atoms with E-state index in [9.17, 15) is 0 Å². The summed E-state index contributed by atoms with van der Waals surface area (Å²) in [7, 11) is 1.98. The minimum atomic E-state index is 0.648. The summed E-state index contributed by atoms with van der Waals surface area (Å²) in [5.74, 6) is 3.49. The van der Waals surface area contributed by atoms with Gasteiger partial charge in [0.05, 0.1) is 6.54 Å². The van der Waals surface area contributed by atoms with Crippen molar-refractivity contribution >= 4 is 11.6 Å². The molecule has 0 spiro atoms. The van der Waals surface area contributed by atoms with Crippen LogP contribution in [0.25, 0.3) is 0 Å². The van der Waals surface area contributed by atoms with Crippen LogP contribution in [0.3, 0.4) is 0 Å². The third kappa shape index (κ3) is 3.43. The SMILES string of the molecule is CCNc1cc(NCc2nccn2C)nc(CC)n1. The smallest absolute Gasteiger partial charge is 0.132 e. The number of aryl methyl sites for hydroxylation is 2. The summed E-state index contributed by atoms with van der Waals surface area (Å²) in [6.07, 6.45) is 4.54. The second-order valence-corrected chi connectivity index (χ2v) is 4.25. The maximum Gasteiger partial charge on any atom is 0.132 e. The Morgan fingerprint density at radius 3 is 2.47 bits per heavy atom. The molecule has 102 valence electrons. The minimum Gasteiger partial charge on any atom is -0.370 e. The summed E-state index contributed by atoms with van der Waals surface area (Å²) in [4.78, 5) is 13.2. The van der Waals surface area contributed by atoms with E-state index in [1.807, 2.05) is 30.8 Å².